The molecule has 2 atom stereocenters. The number of hydrogen-bond acceptors (Lipinski definition) is 1. The Morgan fingerprint density at radius 3 is 1.58 bits per heavy atom. The lowest BCUT2D eigenvalue weighted by atomic mass is 9.31. The van der Waals surface area contributed by atoms with Crippen LogP contribution in [0, 0.1) is 13.8 Å². The molecule has 11 rings (SSSR count). The first-order chi connectivity index (χ1) is 37.1. The van der Waals surface area contributed by atoms with E-state index in [2.05, 4.69) is 286 Å². The van der Waals surface area contributed by atoms with E-state index < -0.39 is 0 Å². The van der Waals surface area contributed by atoms with Crippen LogP contribution in [-0.4, -0.2) is 6.71 Å². The lowest BCUT2D eigenvalue weighted by Crippen LogP contribution is -2.60. The largest absolute Gasteiger partial charge is 0.311 e. The van der Waals surface area contributed by atoms with Crippen LogP contribution in [-0.2, 0) is 38.9 Å². The smallest absolute Gasteiger partial charge is 0.242 e. The molecule has 0 aromatic heterocycles. The van der Waals surface area contributed by atoms with E-state index in [1.807, 2.05) is 0 Å². The summed E-state index contributed by atoms with van der Waals surface area (Å²) in [6, 6.07) is 64.2. The molecule has 2 aliphatic carbocycles. The van der Waals surface area contributed by atoms with E-state index in [1.54, 1.807) is 11.1 Å². The van der Waals surface area contributed by atoms with Crippen molar-refractivity contribution in [1.29, 1.82) is 0 Å². The van der Waals surface area contributed by atoms with Gasteiger partial charge < -0.3 is 4.90 Å². The molecule has 1 heterocycles. The van der Waals surface area contributed by atoms with Crippen LogP contribution >= 0.6 is 0 Å². The molecule has 0 bridgehead atoms. The zero-order chi connectivity index (χ0) is 56.4. The van der Waals surface area contributed by atoms with Crippen molar-refractivity contribution in [2.45, 2.75) is 188 Å². The van der Waals surface area contributed by atoms with Crippen LogP contribution in [0.1, 0.15) is 207 Å². The minimum Gasteiger partial charge on any atom is -0.311 e. The summed E-state index contributed by atoms with van der Waals surface area (Å²) in [4.78, 5) is 2.48. The maximum atomic E-state index is 2.74. The SMILES string of the molecule is Cc1cc2c(cc1CCC1c3ccc(N(c4ccccc4)c4ccccc4)cc3B(c3cc4c(cc3C(C)c3ccc(C(C)(C)C)cc3-c3ccccc3)C(C)(C)CC4(C)C)c3c(C)cc(C(C)(C)C)cc31)C(C)(C)CC2(C)C. The van der Waals surface area contributed by atoms with Crippen molar-refractivity contribution in [2.24, 2.45) is 0 Å². The zero-order valence-corrected chi connectivity index (χ0v) is 51.1. The van der Waals surface area contributed by atoms with Crippen molar-refractivity contribution >= 4 is 40.2 Å². The molecule has 0 amide bonds. The van der Waals surface area contributed by atoms with E-state index in [1.165, 1.54) is 101 Å². The molecule has 0 N–H and O–H groups in total. The Morgan fingerprint density at radius 2 is 1.01 bits per heavy atom. The molecule has 0 radical (unpaired) electrons. The standard InChI is InChI=1S/C77H88BN/c1-49-40-65-66(75(12,13)47-74(65,10)11)41-53(49)33-36-60-61-38-35-58(79(56-29-23-19-24-30-56)57-31-25-20-26-32-57)44-69(61)78(71-50(2)39-55(43-64(60)71)73(7,8)9)70-46-68-67(76(14,15)48-77(68,16)17)45-62(70)51(3)59-37-34-54(72(4,5)6)42-63(59)52-27-21-18-22-28-52/h18-32,34-35,37-46,51,60H,33,36,47-48H2,1-17H3. The van der Waals surface area contributed by atoms with E-state index in [0.29, 0.717) is 0 Å². The van der Waals surface area contributed by atoms with Gasteiger partial charge in [0.25, 0.3) is 0 Å². The average Bonchev–Trinajstić information content (AvgIpc) is 4.00. The number of hydrogen-bond donors (Lipinski definition) is 0. The van der Waals surface area contributed by atoms with Gasteiger partial charge in [-0.3, -0.25) is 0 Å². The molecule has 79 heavy (non-hydrogen) atoms. The molecule has 0 saturated heterocycles. The molecule has 2 heteroatoms. The number of benzene rings is 8. The van der Waals surface area contributed by atoms with Crippen molar-refractivity contribution in [3.63, 3.8) is 0 Å². The van der Waals surface area contributed by atoms with Crippen LogP contribution in [0.4, 0.5) is 17.1 Å². The lowest BCUT2D eigenvalue weighted by Gasteiger charge is -2.39. The summed E-state index contributed by atoms with van der Waals surface area (Å²) in [5.41, 5.74) is 29.8. The van der Waals surface area contributed by atoms with Gasteiger partial charge in [0.2, 0.25) is 6.71 Å². The Balaban J connectivity index is 1.20. The normalized spacial score (nSPS) is 17.9. The summed E-state index contributed by atoms with van der Waals surface area (Å²) < 4.78 is 0. The third kappa shape index (κ3) is 9.76. The van der Waals surface area contributed by atoms with Gasteiger partial charge in [0, 0.05) is 28.9 Å². The van der Waals surface area contributed by atoms with Gasteiger partial charge in [-0.05, 0) is 186 Å². The summed E-state index contributed by atoms with van der Waals surface area (Å²) in [5.74, 6) is 0.281. The van der Waals surface area contributed by atoms with Crippen LogP contribution in [0.25, 0.3) is 11.1 Å². The first-order valence-corrected chi connectivity index (χ1v) is 29.9. The number of nitrogens with zero attached hydrogens (tertiary/aromatic N) is 1. The number of rotatable bonds is 10. The first kappa shape index (κ1) is 54.6. The first-order valence-electron chi connectivity index (χ1n) is 29.9. The predicted octanol–water partition coefficient (Wildman–Crippen LogP) is 18.7. The van der Waals surface area contributed by atoms with Gasteiger partial charge in [-0.15, -0.1) is 0 Å². The van der Waals surface area contributed by atoms with Crippen LogP contribution in [0.3, 0.4) is 0 Å². The quantitative estimate of drug-likeness (QED) is 0.123. The number of aryl methyl sites for hydroxylation is 3. The fraction of sp³-hybridized carbons (Fsp3) is 0.377. The maximum Gasteiger partial charge on any atom is 0.242 e. The second-order valence-electron chi connectivity index (χ2n) is 29.3. The lowest BCUT2D eigenvalue weighted by molar-refractivity contribution is 0.402. The van der Waals surface area contributed by atoms with Gasteiger partial charge in [0.15, 0.2) is 0 Å². The Morgan fingerprint density at radius 1 is 0.481 bits per heavy atom. The molecule has 404 valence electrons. The number of fused-ring (bicyclic) bond motifs is 4. The fourth-order valence-electron chi connectivity index (χ4n) is 15.6. The minimum absolute atomic E-state index is 0.00364. The van der Waals surface area contributed by atoms with E-state index in [9.17, 15) is 0 Å². The van der Waals surface area contributed by atoms with Crippen molar-refractivity contribution in [3.8, 4) is 11.1 Å². The second kappa shape index (κ2) is 19.4. The van der Waals surface area contributed by atoms with Crippen molar-refractivity contribution in [2.75, 3.05) is 4.90 Å². The highest BCUT2D eigenvalue weighted by atomic mass is 15.1. The maximum absolute atomic E-state index is 2.74. The molecule has 0 spiro atoms. The molecule has 1 aliphatic heterocycles. The third-order valence-corrected chi connectivity index (χ3v) is 19.3. The van der Waals surface area contributed by atoms with Crippen LogP contribution < -0.4 is 21.3 Å². The Bertz CT molecular complexity index is 3570. The van der Waals surface area contributed by atoms with Gasteiger partial charge in [-0.1, -0.05) is 253 Å². The van der Waals surface area contributed by atoms with Gasteiger partial charge >= 0.3 is 0 Å². The molecule has 8 aromatic rings. The van der Waals surface area contributed by atoms with E-state index in [-0.39, 0.29) is 51.0 Å². The molecular weight excluding hydrogens is 950 g/mol. The summed E-state index contributed by atoms with van der Waals surface area (Å²) in [6.07, 6.45) is 4.33. The van der Waals surface area contributed by atoms with Crippen LogP contribution in [0.15, 0.2) is 164 Å². The monoisotopic (exact) mass is 1040 g/mol. The molecule has 0 saturated carbocycles. The second-order valence-corrected chi connectivity index (χ2v) is 29.3. The van der Waals surface area contributed by atoms with Gasteiger partial charge in [0.05, 0.1) is 0 Å². The molecule has 1 nitrogen and oxygen atoms in total. The summed E-state index contributed by atoms with van der Waals surface area (Å²) in [5, 5.41) is 0. The highest BCUT2D eigenvalue weighted by Gasteiger charge is 2.47. The van der Waals surface area contributed by atoms with Crippen LogP contribution in [0.2, 0.25) is 0 Å². The third-order valence-electron chi connectivity index (χ3n) is 19.3. The van der Waals surface area contributed by atoms with Crippen molar-refractivity contribution in [1.82, 2.24) is 0 Å². The van der Waals surface area contributed by atoms with Gasteiger partial charge in [-0.2, -0.15) is 0 Å². The highest BCUT2D eigenvalue weighted by molar-refractivity contribution is 6.97. The van der Waals surface area contributed by atoms with E-state index >= 15 is 0 Å². The van der Waals surface area contributed by atoms with Crippen molar-refractivity contribution in [3.05, 3.63) is 236 Å². The molecule has 0 fully saturated rings. The topological polar surface area (TPSA) is 3.24 Å². The minimum atomic E-state index is -0.0271. The summed E-state index contributed by atoms with van der Waals surface area (Å²) >= 11 is 0. The Labute approximate surface area is 477 Å². The fourth-order valence-corrected chi connectivity index (χ4v) is 15.6. The predicted molar refractivity (Wildman–Crippen MR) is 343 cm³/mol. The summed E-state index contributed by atoms with van der Waals surface area (Å²) in [6.45, 7) is 41.4. The Hall–Kier alpha value is -6.38. The average molecular weight is 1040 g/mol. The molecular formula is C77H88BN. The number of para-hydroxylation sites is 2. The molecule has 8 aromatic carbocycles. The van der Waals surface area contributed by atoms with E-state index in [0.717, 1.165) is 30.6 Å². The summed E-state index contributed by atoms with van der Waals surface area (Å²) in [7, 11) is 0. The van der Waals surface area contributed by atoms with Crippen molar-refractivity contribution < 1.29 is 0 Å². The molecule has 2 unspecified atom stereocenters. The van der Waals surface area contributed by atoms with Gasteiger partial charge in [0.1, 0.15) is 0 Å². The van der Waals surface area contributed by atoms with E-state index in [4.69, 9.17) is 0 Å². The van der Waals surface area contributed by atoms with Crippen LogP contribution in [0.5, 0.6) is 0 Å². The van der Waals surface area contributed by atoms with Gasteiger partial charge in [-0.25, -0.2) is 0 Å². The molecule has 3 aliphatic rings. The number of anilines is 3. The highest BCUT2D eigenvalue weighted by Crippen LogP contribution is 2.52. The Kier molecular flexibility index (Phi) is 13.4. The zero-order valence-electron chi connectivity index (χ0n) is 51.1.